The van der Waals surface area contributed by atoms with Crippen molar-refractivity contribution in [3.63, 3.8) is 0 Å². The number of halogens is 1. The summed E-state index contributed by atoms with van der Waals surface area (Å²) >= 11 is 6.11. The first-order valence-corrected chi connectivity index (χ1v) is 10.7. The minimum absolute atomic E-state index is 0.0375. The summed E-state index contributed by atoms with van der Waals surface area (Å²) in [4.78, 5) is 31.2. The van der Waals surface area contributed by atoms with E-state index in [2.05, 4.69) is 10.3 Å². The fraction of sp³-hybridized carbons (Fsp3) is 0.304. The molecular formula is C23H27ClN4O2+2. The van der Waals surface area contributed by atoms with Crippen LogP contribution in [0.2, 0.25) is 5.02 Å². The standard InChI is InChI=1S/C23H25ClN4O2/c1-16(23(30)18-14-25-20-8-4-2-6-17(18)20)28-12-10-27(11-13-28)15-22(29)26-21-9-5-3-7-19(21)24/h2-9,14,16,25H,10-13,15H2,1H3,(H,26,29)/p+2/t16-/m1/s1. The zero-order valence-electron chi connectivity index (χ0n) is 17.0. The van der Waals surface area contributed by atoms with Crippen LogP contribution in [0.15, 0.2) is 54.7 Å². The number of Topliss-reactive ketones (excluding diaryl/α,β-unsaturated/α-hetero) is 1. The Morgan fingerprint density at radius 1 is 1.07 bits per heavy atom. The lowest BCUT2D eigenvalue weighted by Crippen LogP contribution is -3.30. The molecule has 1 aliphatic rings. The van der Waals surface area contributed by atoms with Gasteiger partial charge in [-0.05, 0) is 25.1 Å². The summed E-state index contributed by atoms with van der Waals surface area (Å²) in [6.45, 7) is 5.86. The highest BCUT2D eigenvalue weighted by Gasteiger charge is 2.33. The maximum absolute atomic E-state index is 13.1. The van der Waals surface area contributed by atoms with Crippen molar-refractivity contribution >= 4 is 39.9 Å². The van der Waals surface area contributed by atoms with E-state index in [1.54, 1.807) is 12.1 Å². The van der Waals surface area contributed by atoms with E-state index in [4.69, 9.17) is 11.6 Å². The smallest absolute Gasteiger partial charge is 0.279 e. The summed E-state index contributed by atoms with van der Waals surface area (Å²) in [7, 11) is 0. The molecule has 0 aliphatic carbocycles. The molecule has 1 aromatic heterocycles. The second-order valence-electron chi connectivity index (χ2n) is 7.95. The predicted molar refractivity (Wildman–Crippen MR) is 118 cm³/mol. The number of ketones is 1. The van der Waals surface area contributed by atoms with Gasteiger partial charge in [0.25, 0.3) is 5.91 Å². The molecule has 0 spiro atoms. The van der Waals surface area contributed by atoms with Gasteiger partial charge in [0.2, 0.25) is 5.78 Å². The number of carbonyl (C=O) groups is 2. The molecule has 1 fully saturated rings. The Morgan fingerprint density at radius 3 is 2.53 bits per heavy atom. The van der Waals surface area contributed by atoms with E-state index in [1.165, 1.54) is 9.80 Å². The minimum Gasteiger partial charge on any atom is -0.360 e. The molecule has 4 rings (SSSR count). The average molecular weight is 427 g/mol. The summed E-state index contributed by atoms with van der Waals surface area (Å²) in [5.41, 5.74) is 2.40. The van der Waals surface area contributed by atoms with E-state index < -0.39 is 0 Å². The number of benzene rings is 2. The number of H-pyrrole nitrogens is 1. The highest BCUT2D eigenvalue weighted by molar-refractivity contribution is 6.33. The Morgan fingerprint density at radius 2 is 1.77 bits per heavy atom. The van der Waals surface area contributed by atoms with Crippen molar-refractivity contribution in [2.75, 3.05) is 38.0 Å². The number of piperazine rings is 1. The molecule has 0 bridgehead atoms. The molecule has 4 N–H and O–H groups in total. The fourth-order valence-corrected chi connectivity index (χ4v) is 4.40. The predicted octanol–water partition coefficient (Wildman–Crippen LogP) is 0.815. The van der Waals surface area contributed by atoms with E-state index in [0.717, 1.165) is 42.6 Å². The molecule has 7 heteroatoms. The van der Waals surface area contributed by atoms with Gasteiger partial charge in [-0.1, -0.05) is 41.9 Å². The van der Waals surface area contributed by atoms with Gasteiger partial charge in [-0.15, -0.1) is 0 Å². The monoisotopic (exact) mass is 426 g/mol. The molecule has 2 aromatic carbocycles. The highest BCUT2D eigenvalue weighted by atomic mass is 35.5. The molecule has 1 saturated heterocycles. The molecule has 30 heavy (non-hydrogen) atoms. The molecule has 156 valence electrons. The van der Waals surface area contributed by atoms with Crippen molar-refractivity contribution in [1.29, 1.82) is 0 Å². The summed E-state index contributed by atoms with van der Waals surface area (Å²) in [6.07, 6.45) is 1.82. The summed E-state index contributed by atoms with van der Waals surface area (Å²) in [6, 6.07) is 15.0. The second-order valence-corrected chi connectivity index (χ2v) is 8.35. The molecule has 0 radical (unpaired) electrons. The number of rotatable bonds is 6. The van der Waals surface area contributed by atoms with E-state index in [9.17, 15) is 9.59 Å². The van der Waals surface area contributed by atoms with Gasteiger partial charge in [0.05, 0.1) is 10.7 Å². The lowest BCUT2D eigenvalue weighted by atomic mass is 10.0. The zero-order chi connectivity index (χ0) is 21.1. The third-order valence-electron chi connectivity index (χ3n) is 6.02. The number of anilines is 1. The normalized spacial score (nSPS) is 20.1. The van der Waals surface area contributed by atoms with Crippen LogP contribution in [-0.2, 0) is 4.79 Å². The van der Waals surface area contributed by atoms with Crippen molar-refractivity contribution in [3.8, 4) is 0 Å². The molecule has 2 heterocycles. The van der Waals surface area contributed by atoms with Crippen LogP contribution >= 0.6 is 11.6 Å². The number of hydrogen-bond acceptors (Lipinski definition) is 2. The Bertz CT molecular complexity index is 1060. The molecule has 0 saturated carbocycles. The SMILES string of the molecule is C[C@H](C(=O)c1c[nH]c2ccccc12)[NH+]1CC[NH+](CC(=O)Nc2ccccc2Cl)CC1. The molecule has 1 amide bonds. The van der Waals surface area contributed by atoms with Crippen LogP contribution in [0.5, 0.6) is 0 Å². The first-order valence-electron chi connectivity index (χ1n) is 10.4. The number of carbonyl (C=O) groups excluding carboxylic acids is 2. The van der Waals surface area contributed by atoms with Crippen molar-refractivity contribution in [2.45, 2.75) is 13.0 Å². The number of aromatic nitrogens is 1. The van der Waals surface area contributed by atoms with E-state index in [1.807, 2.05) is 49.5 Å². The van der Waals surface area contributed by atoms with Crippen molar-refractivity contribution in [2.24, 2.45) is 0 Å². The Labute approximate surface area is 180 Å². The van der Waals surface area contributed by atoms with E-state index >= 15 is 0 Å². The van der Waals surface area contributed by atoms with Gasteiger partial charge < -0.3 is 20.1 Å². The largest absolute Gasteiger partial charge is 0.360 e. The second kappa shape index (κ2) is 9.00. The highest BCUT2D eigenvalue weighted by Crippen LogP contribution is 2.20. The fourth-order valence-electron chi connectivity index (χ4n) is 4.21. The number of quaternary nitrogens is 2. The first kappa shape index (κ1) is 20.6. The third kappa shape index (κ3) is 4.41. The lowest BCUT2D eigenvalue weighted by molar-refractivity contribution is -1.01. The maximum atomic E-state index is 13.1. The number of amides is 1. The average Bonchev–Trinajstić information content (AvgIpc) is 3.19. The number of aromatic amines is 1. The Kier molecular flexibility index (Phi) is 6.18. The summed E-state index contributed by atoms with van der Waals surface area (Å²) < 4.78 is 0. The van der Waals surface area contributed by atoms with Gasteiger partial charge in [0, 0.05) is 22.7 Å². The number of nitrogens with one attached hydrogen (secondary N) is 4. The van der Waals surface area contributed by atoms with E-state index in [-0.39, 0.29) is 17.7 Å². The van der Waals surface area contributed by atoms with Crippen LogP contribution in [-0.4, -0.2) is 55.4 Å². The molecule has 3 aromatic rings. The number of para-hydroxylation sites is 2. The van der Waals surface area contributed by atoms with Crippen LogP contribution in [0.1, 0.15) is 17.3 Å². The molecule has 0 unspecified atom stereocenters. The molecule has 1 atom stereocenters. The van der Waals surface area contributed by atoms with Crippen molar-refractivity contribution in [1.82, 2.24) is 4.98 Å². The maximum Gasteiger partial charge on any atom is 0.279 e. The van der Waals surface area contributed by atoms with Crippen LogP contribution < -0.4 is 15.1 Å². The minimum atomic E-state index is -0.109. The van der Waals surface area contributed by atoms with Gasteiger partial charge in [0.15, 0.2) is 6.54 Å². The topological polar surface area (TPSA) is 70.8 Å². The van der Waals surface area contributed by atoms with Gasteiger partial charge in [-0.3, -0.25) is 9.59 Å². The summed E-state index contributed by atoms with van der Waals surface area (Å²) in [5.74, 6) is 0.131. The van der Waals surface area contributed by atoms with Crippen LogP contribution in [0.4, 0.5) is 5.69 Å². The molecular weight excluding hydrogens is 400 g/mol. The van der Waals surface area contributed by atoms with E-state index in [0.29, 0.717) is 17.3 Å². The van der Waals surface area contributed by atoms with Gasteiger partial charge >= 0.3 is 0 Å². The molecule has 1 aliphatic heterocycles. The summed E-state index contributed by atoms with van der Waals surface area (Å²) in [5, 5.41) is 4.41. The van der Waals surface area contributed by atoms with Crippen LogP contribution in [0, 0.1) is 0 Å². The van der Waals surface area contributed by atoms with Gasteiger partial charge in [0.1, 0.15) is 32.2 Å². The van der Waals surface area contributed by atoms with Crippen molar-refractivity contribution in [3.05, 3.63) is 65.3 Å². The third-order valence-corrected chi connectivity index (χ3v) is 6.35. The van der Waals surface area contributed by atoms with Crippen LogP contribution in [0.25, 0.3) is 10.9 Å². The quantitative estimate of drug-likeness (QED) is 0.441. The van der Waals surface area contributed by atoms with Crippen molar-refractivity contribution < 1.29 is 19.4 Å². The Balaban J connectivity index is 1.31. The first-order chi connectivity index (χ1) is 14.5. The lowest BCUT2D eigenvalue weighted by Gasteiger charge is -2.32. The van der Waals surface area contributed by atoms with Gasteiger partial charge in [-0.25, -0.2) is 0 Å². The van der Waals surface area contributed by atoms with Gasteiger partial charge in [-0.2, -0.15) is 0 Å². The molecule has 6 nitrogen and oxygen atoms in total. The Hall–Kier alpha value is -2.67. The number of fused-ring (bicyclic) bond motifs is 1. The number of hydrogen-bond donors (Lipinski definition) is 4. The van der Waals surface area contributed by atoms with Crippen LogP contribution in [0.3, 0.4) is 0 Å². The zero-order valence-corrected chi connectivity index (χ0v) is 17.8.